The van der Waals surface area contributed by atoms with Gasteiger partial charge in [-0.25, -0.2) is 0 Å². The SMILES string of the molecule is CC(C)(C)OC(=O)CCCCCC=Cc1cnc(-c2ccc(O)cc2Cl)c(Cl)c1. The zero-order valence-electron chi connectivity index (χ0n) is 17.0. The Morgan fingerprint density at radius 3 is 2.55 bits per heavy atom. The van der Waals surface area contributed by atoms with Gasteiger partial charge in [-0.3, -0.25) is 9.78 Å². The maximum Gasteiger partial charge on any atom is 0.306 e. The zero-order valence-corrected chi connectivity index (χ0v) is 18.6. The molecule has 0 saturated carbocycles. The van der Waals surface area contributed by atoms with E-state index in [1.807, 2.05) is 32.9 Å². The van der Waals surface area contributed by atoms with Crippen molar-refractivity contribution >= 4 is 35.2 Å². The van der Waals surface area contributed by atoms with E-state index in [1.54, 1.807) is 18.3 Å². The van der Waals surface area contributed by atoms with Crippen molar-refractivity contribution in [2.24, 2.45) is 0 Å². The number of hydrogen-bond acceptors (Lipinski definition) is 4. The zero-order chi connectivity index (χ0) is 21.4. The van der Waals surface area contributed by atoms with Crippen molar-refractivity contribution in [3.05, 3.63) is 52.1 Å². The summed E-state index contributed by atoms with van der Waals surface area (Å²) in [6, 6.07) is 6.55. The largest absolute Gasteiger partial charge is 0.508 e. The Kier molecular flexibility index (Phi) is 8.54. The van der Waals surface area contributed by atoms with Gasteiger partial charge in [0, 0.05) is 18.2 Å². The van der Waals surface area contributed by atoms with E-state index >= 15 is 0 Å². The lowest BCUT2D eigenvalue weighted by Gasteiger charge is -2.19. The Morgan fingerprint density at radius 2 is 1.90 bits per heavy atom. The number of nitrogens with zero attached hydrogens (tertiary/aromatic N) is 1. The van der Waals surface area contributed by atoms with E-state index in [4.69, 9.17) is 27.9 Å². The van der Waals surface area contributed by atoms with Crippen molar-refractivity contribution in [2.75, 3.05) is 0 Å². The van der Waals surface area contributed by atoms with Crippen molar-refractivity contribution in [1.82, 2.24) is 4.98 Å². The lowest BCUT2D eigenvalue weighted by atomic mass is 10.1. The van der Waals surface area contributed by atoms with E-state index < -0.39 is 5.60 Å². The summed E-state index contributed by atoms with van der Waals surface area (Å²) < 4.78 is 5.30. The Labute approximate surface area is 182 Å². The van der Waals surface area contributed by atoms with Gasteiger partial charge in [0.15, 0.2) is 0 Å². The number of halogens is 2. The average molecular weight is 436 g/mol. The minimum absolute atomic E-state index is 0.0977. The third-order valence-electron chi connectivity index (χ3n) is 4.05. The van der Waals surface area contributed by atoms with E-state index in [9.17, 15) is 9.90 Å². The molecule has 1 aromatic heterocycles. The van der Waals surface area contributed by atoms with Gasteiger partial charge >= 0.3 is 5.97 Å². The fourth-order valence-corrected chi connectivity index (χ4v) is 3.30. The molecule has 0 aliphatic rings. The number of aromatic hydroxyl groups is 1. The number of benzene rings is 1. The predicted octanol–water partition coefficient (Wildman–Crippen LogP) is 7.07. The van der Waals surface area contributed by atoms with E-state index in [2.05, 4.69) is 11.1 Å². The molecule has 0 aliphatic heterocycles. The van der Waals surface area contributed by atoms with Gasteiger partial charge in [-0.2, -0.15) is 0 Å². The van der Waals surface area contributed by atoms with Crippen molar-refractivity contribution in [2.45, 2.75) is 58.5 Å². The molecule has 0 spiro atoms. The van der Waals surface area contributed by atoms with E-state index in [0.717, 1.165) is 31.2 Å². The molecule has 0 atom stereocenters. The number of allylic oxidation sites excluding steroid dienone is 1. The van der Waals surface area contributed by atoms with Gasteiger partial charge in [0.05, 0.1) is 15.7 Å². The first-order valence-electron chi connectivity index (χ1n) is 9.68. The Morgan fingerprint density at radius 1 is 1.14 bits per heavy atom. The Hall–Kier alpha value is -2.04. The predicted molar refractivity (Wildman–Crippen MR) is 119 cm³/mol. The van der Waals surface area contributed by atoms with Crippen LogP contribution in [0.1, 0.15) is 58.4 Å². The second-order valence-electron chi connectivity index (χ2n) is 7.85. The fraction of sp³-hybridized carbons (Fsp3) is 0.391. The molecule has 0 amide bonds. The summed E-state index contributed by atoms with van der Waals surface area (Å²) in [5, 5.41) is 10.4. The highest BCUT2D eigenvalue weighted by Crippen LogP contribution is 2.34. The van der Waals surface area contributed by atoms with Crippen LogP contribution >= 0.6 is 23.2 Å². The number of esters is 1. The molecule has 4 nitrogen and oxygen atoms in total. The molecule has 6 heteroatoms. The van der Waals surface area contributed by atoms with Crippen LogP contribution < -0.4 is 0 Å². The summed E-state index contributed by atoms with van der Waals surface area (Å²) in [5.74, 6) is -0.0388. The van der Waals surface area contributed by atoms with Gasteiger partial charge in [0.25, 0.3) is 0 Å². The maximum atomic E-state index is 11.7. The Balaban J connectivity index is 1.80. The number of hydrogen-bond donors (Lipinski definition) is 1. The molecule has 29 heavy (non-hydrogen) atoms. The molecular weight excluding hydrogens is 409 g/mol. The minimum Gasteiger partial charge on any atom is -0.508 e. The maximum absolute atomic E-state index is 11.7. The quantitative estimate of drug-likeness (QED) is 0.355. The van der Waals surface area contributed by atoms with Crippen molar-refractivity contribution < 1.29 is 14.6 Å². The van der Waals surface area contributed by atoms with Crippen molar-refractivity contribution in [3.8, 4) is 17.0 Å². The van der Waals surface area contributed by atoms with Gasteiger partial charge in [-0.05, 0) is 69.9 Å². The third-order valence-corrected chi connectivity index (χ3v) is 4.65. The smallest absolute Gasteiger partial charge is 0.306 e. The van der Waals surface area contributed by atoms with Gasteiger partial charge < -0.3 is 9.84 Å². The molecule has 1 heterocycles. The molecule has 2 aromatic rings. The normalized spacial score (nSPS) is 11.8. The van der Waals surface area contributed by atoms with E-state index in [0.29, 0.717) is 27.7 Å². The lowest BCUT2D eigenvalue weighted by molar-refractivity contribution is -0.154. The van der Waals surface area contributed by atoms with Crippen molar-refractivity contribution in [1.29, 1.82) is 0 Å². The molecule has 2 rings (SSSR count). The second-order valence-corrected chi connectivity index (χ2v) is 8.67. The number of unbranched alkanes of at least 4 members (excludes halogenated alkanes) is 3. The molecule has 1 N–H and O–H groups in total. The van der Waals surface area contributed by atoms with E-state index in [-0.39, 0.29) is 11.7 Å². The summed E-state index contributed by atoms with van der Waals surface area (Å²) in [7, 11) is 0. The molecule has 156 valence electrons. The standard InChI is InChI=1S/C23H27Cl2NO3/c1-23(2,3)29-21(28)10-8-6-4-5-7-9-16-13-20(25)22(26-15-16)18-12-11-17(27)14-19(18)24/h7,9,11-15,27H,4-6,8,10H2,1-3H3. The molecule has 0 saturated heterocycles. The highest BCUT2D eigenvalue weighted by Gasteiger charge is 2.15. The highest BCUT2D eigenvalue weighted by molar-refractivity contribution is 6.36. The summed E-state index contributed by atoms with van der Waals surface area (Å²) >= 11 is 12.5. The number of aromatic nitrogens is 1. The summed E-state index contributed by atoms with van der Waals surface area (Å²) in [4.78, 5) is 16.1. The van der Waals surface area contributed by atoms with E-state index in [1.165, 1.54) is 6.07 Å². The van der Waals surface area contributed by atoms with Crippen LogP contribution in [0, 0.1) is 0 Å². The highest BCUT2D eigenvalue weighted by atomic mass is 35.5. The average Bonchev–Trinajstić information content (AvgIpc) is 2.60. The first-order chi connectivity index (χ1) is 13.7. The number of rotatable bonds is 8. The molecular formula is C23H27Cl2NO3. The number of pyridine rings is 1. The molecule has 1 aromatic carbocycles. The number of phenols is 1. The molecule has 0 fully saturated rings. The van der Waals surface area contributed by atoms with Crippen LogP contribution in [-0.4, -0.2) is 21.7 Å². The number of phenolic OH excluding ortho intramolecular Hbond substituents is 1. The molecule has 0 aliphatic carbocycles. The number of carbonyl (C=O) groups is 1. The molecule has 0 unspecified atom stereocenters. The molecule has 0 bridgehead atoms. The van der Waals surface area contributed by atoms with Crippen LogP contribution in [-0.2, 0) is 9.53 Å². The number of ether oxygens (including phenoxy) is 1. The third kappa shape index (κ3) is 8.08. The number of carbonyl (C=O) groups excluding carboxylic acids is 1. The van der Waals surface area contributed by atoms with Crippen LogP contribution in [0.15, 0.2) is 36.5 Å². The van der Waals surface area contributed by atoms with Gasteiger partial charge in [-0.1, -0.05) is 41.8 Å². The molecule has 0 radical (unpaired) electrons. The summed E-state index contributed by atoms with van der Waals surface area (Å²) in [6.45, 7) is 5.63. The van der Waals surface area contributed by atoms with Gasteiger partial charge in [-0.15, -0.1) is 0 Å². The second kappa shape index (κ2) is 10.7. The van der Waals surface area contributed by atoms with Crippen LogP contribution in [0.4, 0.5) is 0 Å². The first-order valence-corrected chi connectivity index (χ1v) is 10.4. The van der Waals surface area contributed by atoms with Crippen LogP contribution in [0.3, 0.4) is 0 Å². The topological polar surface area (TPSA) is 59.4 Å². The van der Waals surface area contributed by atoms with Crippen LogP contribution in [0.25, 0.3) is 17.3 Å². The minimum atomic E-state index is -0.418. The van der Waals surface area contributed by atoms with Gasteiger partial charge in [0.2, 0.25) is 0 Å². The Bertz CT molecular complexity index is 873. The van der Waals surface area contributed by atoms with Gasteiger partial charge in [0.1, 0.15) is 11.4 Å². The van der Waals surface area contributed by atoms with Crippen LogP contribution in [0.2, 0.25) is 10.0 Å². The first kappa shape index (κ1) is 23.2. The van der Waals surface area contributed by atoms with Crippen molar-refractivity contribution in [3.63, 3.8) is 0 Å². The summed E-state index contributed by atoms with van der Waals surface area (Å²) in [5.41, 5.74) is 1.74. The van der Waals surface area contributed by atoms with Crippen LogP contribution in [0.5, 0.6) is 5.75 Å². The monoisotopic (exact) mass is 435 g/mol. The summed E-state index contributed by atoms with van der Waals surface area (Å²) in [6.07, 6.45) is 9.98. The fourth-order valence-electron chi connectivity index (χ4n) is 2.76. The lowest BCUT2D eigenvalue weighted by Crippen LogP contribution is -2.23.